The lowest BCUT2D eigenvalue weighted by molar-refractivity contribution is -0.340. The molecule has 2 N–H and O–H groups in total. The quantitative estimate of drug-likeness (QED) is 0.629. The van der Waals surface area contributed by atoms with E-state index in [2.05, 4.69) is 5.32 Å². The van der Waals surface area contributed by atoms with Gasteiger partial charge in [-0.3, -0.25) is 4.79 Å². The summed E-state index contributed by atoms with van der Waals surface area (Å²) in [6.45, 7) is 0.806. The van der Waals surface area contributed by atoms with Gasteiger partial charge in [0, 0.05) is 6.92 Å². The van der Waals surface area contributed by atoms with Gasteiger partial charge in [-0.05, 0) is 24.3 Å². The number of aliphatic carboxylic acids is 1. The molecule has 0 bridgehead atoms. The normalized spacial score (nSPS) is 29.7. The van der Waals surface area contributed by atoms with Crippen LogP contribution in [0.4, 0.5) is 0 Å². The van der Waals surface area contributed by atoms with E-state index in [0.717, 1.165) is 0 Å². The summed E-state index contributed by atoms with van der Waals surface area (Å²) in [5, 5.41) is 12.3. The summed E-state index contributed by atoms with van der Waals surface area (Å²) in [7, 11) is 0. The highest BCUT2D eigenvalue weighted by Crippen LogP contribution is 2.37. The van der Waals surface area contributed by atoms with E-state index in [9.17, 15) is 14.7 Å². The molecule has 0 aliphatic carbocycles. The number of para-hydroxylation sites is 1. The number of nitrogens with one attached hydrogen (secondary N) is 1. The molecule has 11 heteroatoms. The van der Waals surface area contributed by atoms with Gasteiger partial charge >= 0.3 is 5.97 Å². The van der Waals surface area contributed by atoms with E-state index in [1.807, 2.05) is 0 Å². The summed E-state index contributed by atoms with van der Waals surface area (Å²) < 4.78 is 34.8. The van der Waals surface area contributed by atoms with Crippen molar-refractivity contribution in [2.45, 2.75) is 43.9 Å². The van der Waals surface area contributed by atoms with Gasteiger partial charge in [0.15, 0.2) is 5.76 Å². The minimum absolute atomic E-state index is 0.0954. The molecule has 0 spiro atoms. The van der Waals surface area contributed by atoms with Crippen LogP contribution in [0.3, 0.4) is 0 Å². The number of rotatable bonds is 7. The van der Waals surface area contributed by atoms with Crippen LogP contribution in [0.15, 0.2) is 47.1 Å². The highest BCUT2D eigenvalue weighted by molar-refractivity contribution is 6.32. The van der Waals surface area contributed by atoms with Gasteiger partial charge in [0.25, 0.3) is 0 Å². The van der Waals surface area contributed by atoms with Crippen molar-refractivity contribution in [1.82, 2.24) is 5.32 Å². The van der Waals surface area contributed by atoms with Crippen molar-refractivity contribution in [3.63, 3.8) is 0 Å². The number of carboxylic acid groups (broad SMARTS) is 1. The maximum atomic E-state index is 12.0. The number of hydrogen-bond donors (Lipinski definition) is 2. The van der Waals surface area contributed by atoms with Crippen LogP contribution in [-0.4, -0.2) is 60.8 Å². The third-order valence-corrected chi connectivity index (χ3v) is 5.28. The lowest BCUT2D eigenvalue weighted by Gasteiger charge is -2.48. The number of benzene rings is 1. The molecule has 172 valence electrons. The number of amides is 1. The van der Waals surface area contributed by atoms with E-state index in [4.69, 9.17) is 39.7 Å². The molecule has 0 radical (unpaired) electrons. The summed E-state index contributed by atoms with van der Waals surface area (Å²) in [6, 6.07) is 9.26. The minimum atomic E-state index is -1.17. The third-order valence-electron chi connectivity index (χ3n) is 4.96. The molecular weight excluding hydrogens is 446 g/mol. The largest absolute Gasteiger partial charge is 0.480 e. The molecule has 1 aromatic carbocycles. The second-order valence-corrected chi connectivity index (χ2v) is 7.68. The number of fused-ring (bicyclic) bond motifs is 1. The van der Waals surface area contributed by atoms with E-state index < -0.39 is 49.5 Å². The number of furan rings is 1. The fourth-order valence-corrected chi connectivity index (χ4v) is 3.84. The molecule has 32 heavy (non-hydrogen) atoms. The Balaban J connectivity index is 1.62. The highest BCUT2D eigenvalue weighted by Gasteiger charge is 2.52. The van der Waals surface area contributed by atoms with Gasteiger partial charge in [0.1, 0.15) is 36.7 Å². The molecule has 6 atom stereocenters. The van der Waals surface area contributed by atoms with Gasteiger partial charge in [-0.1, -0.05) is 23.7 Å². The summed E-state index contributed by atoms with van der Waals surface area (Å²) in [5.74, 6) is -0.793. The zero-order valence-corrected chi connectivity index (χ0v) is 17.8. The number of carbonyl (C=O) groups excluding carboxylic acids is 1. The maximum absolute atomic E-state index is 12.0. The van der Waals surface area contributed by atoms with Gasteiger partial charge in [0.05, 0.1) is 17.9 Å². The van der Waals surface area contributed by atoms with E-state index in [1.165, 1.54) is 13.2 Å². The van der Waals surface area contributed by atoms with Crippen molar-refractivity contribution in [2.75, 3.05) is 13.2 Å². The van der Waals surface area contributed by atoms with Crippen LogP contribution < -0.4 is 10.1 Å². The number of carboxylic acids is 1. The Bertz CT molecular complexity index is 937. The number of halogens is 1. The molecule has 2 saturated heterocycles. The molecule has 2 fully saturated rings. The Morgan fingerprint density at radius 3 is 2.72 bits per heavy atom. The highest BCUT2D eigenvalue weighted by atomic mass is 35.5. The lowest BCUT2D eigenvalue weighted by Crippen LogP contribution is -2.68. The molecule has 10 nitrogen and oxygen atoms in total. The van der Waals surface area contributed by atoms with Gasteiger partial charge in [-0.25, -0.2) is 4.79 Å². The number of ether oxygens (including phenoxy) is 5. The van der Waals surface area contributed by atoms with Crippen LogP contribution in [0.1, 0.15) is 19.0 Å². The predicted octanol–water partition coefficient (Wildman–Crippen LogP) is 2.13. The van der Waals surface area contributed by atoms with Crippen LogP contribution >= 0.6 is 11.6 Å². The summed E-state index contributed by atoms with van der Waals surface area (Å²) in [5.41, 5.74) is 0. The Hall–Kier alpha value is -2.63. The van der Waals surface area contributed by atoms with Gasteiger partial charge in [-0.15, -0.1) is 0 Å². The van der Waals surface area contributed by atoms with E-state index in [0.29, 0.717) is 16.5 Å². The average Bonchev–Trinajstić information content (AvgIpc) is 3.29. The van der Waals surface area contributed by atoms with E-state index >= 15 is 0 Å². The molecule has 2 aliphatic heterocycles. The van der Waals surface area contributed by atoms with Crippen LogP contribution in [0.2, 0.25) is 5.02 Å². The molecule has 3 heterocycles. The summed E-state index contributed by atoms with van der Waals surface area (Å²) in [6.07, 6.45) is -2.78. The zero-order valence-electron chi connectivity index (χ0n) is 17.0. The zero-order chi connectivity index (χ0) is 22.7. The minimum Gasteiger partial charge on any atom is -0.480 e. The standard InChI is InChI=1S/C21H22ClNO9/c1-11(24)23-17-19(28-10-16(25)26)18-15(9-29-20(32-18)14-7-4-8-27-14)31-21(17)30-13-6-3-2-5-12(13)22/h2-8,15,17-21H,9-10H2,1H3,(H,23,24)(H,25,26). The first-order chi connectivity index (χ1) is 15.4. The third kappa shape index (κ3) is 5.05. The van der Waals surface area contributed by atoms with Crippen LogP contribution in [0.25, 0.3) is 0 Å². The molecule has 1 aromatic heterocycles. The molecule has 4 rings (SSSR count). The molecule has 0 saturated carbocycles. The molecule has 2 aliphatic rings. The van der Waals surface area contributed by atoms with Crippen molar-refractivity contribution < 1.29 is 42.8 Å². The molecule has 1 amide bonds. The van der Waals surface area contributed by atoms with Crippen molar-refractivity contribution in [3.8, 4) is 5.75 Å². The van der Waals surface area contributed by atoms with Crippen molar-refractivity contribution >= 4 is 23.5 Å². The van der Waals surface area contributed by atoms with Crippen molar-refractivity contribution in [2.24, 2.45) is 0 Å². The fraction of sp³-hybridized carbons (Fsp3) is 0.429. The average molecular weight is 468 g/mol. The first kappa shape index (κ1) is 22.6. The van der Waals surface area contributed by atoms with Crippen LogP contribution in [-0.2, 0) is 28.5 Å². The van der Waals surface area contributed by atoms with Crippen LogP contribution in [0, 0.1) is 0 Å². The van der Waals surface area contributed by atoms with E-state index in [1.54, 1.807) is 36.4 Å². The van der Waals surface area contributed by atoms with Gasteiger partial charge < -0.3 is 38.5 Å². The first-order valence-electron chi connectivity index (χ1n) is 9.90. The Kier molecular flexibility index (Phi) is 6.97. The second kappa shape index (κ2) is 9.88. The Morgan fingerprint density at radius 1 is 1.22 bits per heavy atom. The predicted molar refractivity (Wildman–Crippen MR) is 108 cm³/mol. The topological polar surface area (TPSA) is 126 Å². The van der Waals surface area contributed by atoms with Gasteiger partial charge in [-0.2, -0.15) is 0 Å². The Morgan fingerprint density at radius 2 is 2.03 bits per heavy atom. The van der Waals surface area contributed by atoms with Crippen LogP contribution in [0.5, 0.6) is 5.75 Å². The molecule has 2 aromatic rings. The lowest BCUT2D eigenvalue weighted by atomic mass is 9.95. The fourth-order valence-electron chi connectivity index (χ4n) is 3.66. The first-order valence-corrected chi connectivity index (χ1v) is 10.3. The maximum Gasteiger partial charge on any atom is 0.329 e. The molecular formula is C21H22ClNO9. The van der Waals surface area contributed by atoms with Gasteiger partial charge in [0.2, 0.25) is 18.5 Å². The molecule has 6 unspecified atom stereocenters. The summed E-state index contributed by atoms with van der Waals surface area (Å²) >= 11 is 6.21. The van der Waals surface area contributed by atoms with E-state index in [-0.39, 0.29) is 12.5 Å². The smallest absolute Gasteiger partial charge is 0.329 e. The monoisotopic (exact) mass is 467 g/mol. The SMILES string of the molecule is CC(=O)NC1C(Oc2ccccc2Cl)OC2COC(c3ccco3)OC2C1OCC(=O)O. The summed E-state index contributed by atoms with van der Waals surface area (Å²) in [4.78, 5) is 23.2. The second-order valence-electron chi connectivity index (χ2n) is 7.27. The Labute approximate surface area is 188 Å². The number of carbonyl (C=O) groups is 2. The van der Waals surface area contributed by atoms with Crippen molar-refractivity contribution in [1.29, 1.82) is 0 Å². The number of hydrogen-bond acceptors (Lipinski definition) is 8. The van der Waals surface area contributed by atoms with Crippen molar-refractivity contribution in [3.05, 3.63) is 53.4 Å².